The monoisotopic (exact) mass is 230 g/mol. The first-order chi connectivity index (χ1) is 8.29. The van der Waals surface area contributed by atoms with E-state index in [0.29, 0.717) is 11.5 Å². The summed E-state index contributed by atoms with van der Waals surface area (Å²) in [7, 11) is 1.54. The molecule has 0 aliphatic rings. The highest BCUT2D eigenvalue weighted by atomic mass is 16.5. The number of rotatable bonds is 2. The second kappa shape index (κ2) is 3.51. The molecule has 3 aromatic rings. The van der Waals surface area contributed by atoms with Gasteiger partial charge in [0.25, 0.3) is 0 Å². The van der Waals surface area contributed by atoms with E-state index < -0.39 is 0 Å². The molecule has 6 nitrogen and oxygen atoms in total. The molecule has 0 saturated carbocycles. The molecular formula is C11H10N4O2. The number of nitrogens with one attached hydrogen (secondary N) is 1. The number of H-pyrrole nitrogens is 1. The molecular weight excluding hydrogens is 220 g/mol. The number of nitrogen functional groups attached to an aromatic ring is 1. The number of hydrogen-bond acceptors (Lipinski definition) is 5. The Hall–Kier alpha value is -2.50. The third kappa shape index (κ3) is 1.42. The Kier molecular flexibility index (Phi) is 2.01. The van der Waals surface area contributed by atoms with Gasteiger partial charge in [0.2, 0.25) is 11.8 Å². The van der Waals surface area contributed by atoms with Crippen molar-refractivity contribution >= 4 is 17.0 Å². The highest BCUT2D eigenvalue weighted by Gasteiger charge is 2.16. The van der Waals surface area contributed by atoms with Crippen molar-refractivity contribution in [1.29, 1.82) is 0 Å². The van der Waals surface area contributed by atoms with Gasteiger partial charge in [0.05, 0.1) is 18.8 Å². The number of fused-ring (bicyclic) bond motifs is 1. The predicted molar refractivity (Wildman–Crippen MR) is 62.6 cm³/mol. The Morgan fingerprint density at radius 2 is 2.29 bits per heavy atom. The molecule has 0 amide bonds. The van der Waals surface area contributed by atoms with E-state index in [9.17, 15) is 0 Å². The largest absolute Gasteiger partial charge is 0.480 e. The van der Waals surface area contributed by atoms with Gasteiger partial charge in [-0.15, -0.1) is 0 Å². The van der Waals surface area contributed by atoms with Gasteiger partial charge < -0.3 is 19.9 Å². The topological polar surface area (TPSA) is 90.0 Å². The first-order valence-electron chi connectivity index (χ1n) is 5.02. The summed E-state index contributed by atoms with van der Waals surface area (Å²) >= 11 is 0. The van der Waals surface area contributed by atoms with Gasteiger partial charge >= 0.3 is 0 Å². The van der Waals surface area contributed by atoms with Crippen molar-refractivity contribution in [3.05, 3.63) is 24.6 Å². The second-order valence-corrected chi connectivity index (χ2v) is 3.49. The van der Waals surface area contributed by atoms with Crippen LogP contribution < -0.4 is 10.5 Å². The maximum Gasteiger partial charge on any atom is 0.228 e. The van der Waals surface area contributed by atoms with Gasteiger partial charge in [0, 0.05) is 11.8 Å². The minimum absolute atomic E-state index is 0.169. The number of nitrogens with two attached hydrogens (primary N) is 1. The summed E-state index contributed by atoms with van der Waals surface area (Å²) < 4.78 is 10.6. The molecule has 0 saturated heterocycles. The molecule has 0 atom stereocenters. The van der Waals surface area contributed by atoms with Crippen LogP contribution in [0, 0.1) is 0 Å². The highest BCUT2D eigenvalue weighted by molar-refractivity contribution is 5.96. The van der Waals surface area contributed by atoms with E-state index >= 15 is 0 Å². The molecule has 0 radical (unpaired) electrons. The van der Waals surface area contributed by atoms with Crippen LogP contribution in [0.5, 0.6) is 5.88 Å². The molecule has 6 heteroatoms. The van der Waals surface area contributed by atoms with E-state index in [-0.39, 0.29) is 5.95 Å². The zero-order chi connectivity index (χ0) is 11.8. The number of furan rings is 1. The summed E-state index contributed by atoms with van der Waals surface area (Å²) in [4.78, 5) is 11.2. The zero-order valence-electron chi connectivity index (χ0n) is 9.10. The van der Waals surface area contributed by atoms with Gasteiger partial charge in [0.15, 0.2) is 0 Å². The second-order valence-electron chi connectivity index (χ2n) is 3.49. The Labute approximate surface area is 96.4 Å². The van der Waals surface area contributed by atoms with Crippen LogP contribution in [0.2, 0.25) is 0 Å². The molecule has 3 N–H and O–H groups in total. The van der Waals surface area contributed by atoms with Crippen LogP contribution in [0.15, 0.2) is 29.0 Å². The maximum absolute atomic E-state index is 5.58. The lowest BCUT2D eigenvalue weighted by molar-refractivity contribution is 0.403. The number of hydrogen-bond donors (Lipinski definition) is 2. The lowest BCUT2D eigenvalue weighted by atomic mass is 10.2. The summed E-state index contributed by atoms with van der Waals surface area (Å²) in [6.07, 6.45) is 3.40. The first-order valence-corrected chi connectivity index (χ1v) is 5.02. The normalized spacial score (nSPS) is 10.9. The number of aromatic nitrogens is 3. The zero-order valence-corrected chi connectivity index (χ0v) is 9.10. The van der Waals surface area contributed by atoms with E-state index in [1.807, 2.05) is 12.1 Å². The van der Waals surface area contributed by atoms with Crippen LogP contribution in [0.25, 0.3) is 22.4 Å². The summed E-state index contributed by atoms with van der Waals surface area (Å²) in [6.45, 7) is 0. The van der Waals surface area contributed by atoms with Crippen molar-refractivity contribution in [2.45, 2.75) is 0 Å². The van der Waals surface area contributed by atoms with E-state index in [1.165, 1.54) is 0 Å². The van der Waals surface area contributed by atoms with Crippen molar-refractivity contribution in [1.82, 2.24) is 15.0 Å². The number of nitrogens with zero attached hydrogens (tertiary/aromatic N) is 2. The minimum Gasteiger partial charge on any atom is -0.480 e. The van der Waals surface area contributed by atoms with Crippen LogP contribution in [-0.2, 0) is 0 Å². The molecule has 0 spiro atoms. The third-order valence-corrected chi connectivity index (χ3v) is 2.50. The van der Waals surface area contributed by atoms with E-state index in [1.54, 1.807) is 19.6 Å². The van der Waals surface area contributed by atoms with Gasteiger partial charge in [-0.1, -0.05) is 0 Å². The van der Waals surface area contributed by atoms with E-state index in [4.69, 9.17) is 14.9 Å². The van der Waals surface area contributed by atoms with Crippen LogP contribution in [0.1, 0.15) is 0 Å². The van der Waals surface area contributed by atoms with Crippen molar-refractivity contribution in [2.24, 2.45) is 0 Å². The quantitative estimate of drug-likeness (QED) is 0.700. The predicted octanol–water partition coefficient (Wildman–Crippen LogP) is 1.81. The van der Waals surface area contributed by atoms with Crippen LogP contribution >= 0.6 is 0 Å². The van der Waals surface area contributed by atoms with Gasteiger partial charge in [-0.25, -0.2) is 0 Å². The molecule has 0 unspecified atom stereocenters. The highest BCUT2D eigenvalue weighted by Crippen LogP contribution is 2.33. The molecule has 86 valence electrons. The summed E-state index contributed by atoms with van der Waals surface area (Å²) in [5, 5.41) is 0.761. The third-order valence-electron chi connectivity index (χ3n) is 2.50. The van der Waals surface area contributed by atoms with Crippen LogP contribution in [0.4, 0.5) is 5.95 Å². The summed E-state index contributed by atoms with van der Waals surface area (Å²) in [5.74, 6) is 1.32. The molecule has 3 rings (SSSR count). The van der Waals surface area contributed by atoms with Crippen molar-refractivity contribution in [3.63, 3.8) is 0 Å². The molecule has 3 heterocycles. The number of aromatic amines is 1. The molecule has 0 aliphatic carbocycles. The van der Waals surface area contributed by atoms with E-state index in [0.717, 1.165) is 16.7 Å². The molecule has 0 aliphatic heterocycles. The number of methoxy groups -OCH3 is 1. The smallest absolute Gasteiger partial charge is 0.228 e. The standard InChI is InChI=1S/C11H10N4O2/c1-16-10-8-6(7-3-2-4-17-7)5-13-9(8)14-11(12)15-10/h2-5H,1H3,(H3,12,13,14,15). The molecule has 0 fully saturated rings. The Morgan fingerprint density at radius 1 is 1.41 bits per heavy atom. The Morgan fingerprint density at radius 3 is 3.00 bits per heavy atom. The Balaban J connectivity index is 2.34. The fourth-order valence-electron chi connectivity index (χ4n) is 1.79. The average Bonchev–Trinajstić information content (AvgIpc) is 2.94. The maximum atomic E-state index is 5.58. The van der Waals surface area contributed by atoms with Gasteiger partial charge in [-0.3, -0.25) is 0 Å². The molecule has 0 aromatic carbocycles. The lowest BCUT2D eigenvalue weighted by Crippen LogP contribution is -1.98. The van der Waals surface area contributed by atoms with Gasteiger partial charge in [-0.05, 0) is 12.1 Å². The van der Waals surface area contributed by atoms with Crippen molar-refractivity contribution in [2.75, 3.05) is 12.8 Å². The minimum atomic E-state index is 0.169. The summed E-state index contributed by atoms with van der Waals surface area (Å²) in [6, 6.07) is 3.68. The Bertz CT molecular complexity index is 657. The SMILES string of the molecule is COc1nc(N)nc2[nH]cc(-c3ccco3)c12. The van der Waals surface area contributed by atoms with Crippen LogP contribution in [0.3, 0.4) is 0 Å². The van der Waals surface area contributed by atoms with Gasteiger partial charge in [0.1, 0.15) is 11.4 Å². The molecule has 3 aromatic heterocycles. The fourth-order valence-corrected chi connectivity index (χ4v) is 1.79. The fraction of sp³-hybridized carbons (Fsp3) is 0.0909. The molecule has 0 bridgehead atoms. The summed E-state index contributed by atoms with van der Waals surface area (Å²) in [5.41, 5.74) is 7.06. The first kappa shape index (κ1) is 9.71. The van der Waals surface area contributed by atoms with E-state index in [2.05, 4.69) is 15.0 Å². The van der Waals surface area contributed by atoms with Crippen molar-refractivity contribution in [3.8, 4) is 17.2 Å². The van der Waals surface area contributed by atoms with Crippen LogP contribution in [-0.4, -0.2) is 22.1 Å². The van der Waals surface area contributed by atoms with Crippen molar-refractivity contribution < 1.29 is 9.15 Å². The van der Waals surface area contributed by atoms with Gasteiger partial charge in [-0.2, -0.15) is 9.97 Å². The average molecular weight is 230 g/mol. The lowest BCUT2D eigenvalue weighted by Gasteiger charge is -2.02. The number of ether oxygens (including phenoxy) is 1. The number of anilines is 1. The molecule has 17 heavy (non-hydrogen) atoms.